The van der Waals surface area contributed by atoms with Crippen LogP contribution < -0.4 is 5.32 Å². The van der Waals surface area contributed by atoms with Gasteiger partial charge in [0, 0.05) is 5.41 Å². The van der Waals surface area contributed by atoms with E-state index >= 15 is 0 Å². The first kappa shape index (κ1) is 12.4. The van der Waals surface area contributed by atoms with Gasteiger partial charge in [0.1, 0.15) is 0 Å². The van der Waals surface area contributed by atoms with Crippen LogP contribution in [0.25, 0.3) is 11.1 Å². The topological polar surface area (TPSA) is 55.1 Å². The highest BCUT2D eigenvalue weighted by atomic mass is 16.5. The molecule has 0 unspecified atom stereocenters. The molecule has 0 aliphatic carbocycles. The minimum atomic E-state index is -0.471. The van der Waals surface area contributed by atoms with Crippen molar-refractivity contribution in [1.29, 1.82) is 0 Å². The number of nitrogens with one attached hydrogen (secondary N) is 1. The number of rotatable bonds is 2. The van der Waals surface area contributed by atoms with Gasteiger partial charge in [-0.2, -0.15) is 0 Å². The Bertz CT molecular complexity index is 538. The summed E-state index contributed by atoms with van der Waals surface area (Å²) in [7, 11) is 0. The van der Waals surface area contributed by atoms with Crippen LogP contribution in [0.1, 0.15) is 20.8 Å². The molecule has 2 rings (SSSR count). The zero-order chi connectivity index (χ0) is 13.2. The molecule has 0 radical (unpaired) electrons. The third-order valence-electron chi connectivity index (χ3n) is 2.56. The van der Waals surface area contributed by atoms with Gasteiger partial charge in [0.05, 0.1) is 11.8 Å². The van der Waals surface area contributed by atoms with Gasteiger partial charge in [0.2, 0.25) is 11.8 Å². The van der Waals surface area contributed by atoms with Crippen LogP contribution in [-0.4, -0.2) is 11.1 Å². The van der Waals surface area contributed by atoms with Crippen molar-refractivity contribution in [2.45, 2.75) is 20.8 Å². The molecular weight excluding hydrogens is 228 g/mol. The molecule has 94 valence electrons. The Morgan fingerprint density at radius 3 is 2.50 bits per heavy atom. The number of hydrogen-bond donors (Lipinski definition) is 1. The van der Waals surface area contributed by atoms with Crippen LogP contribution in [0.2, 0.25) is 0 Å². The van der Waals surface area contributed by atoms with Crippen molar-refractivity contribution in [3.8, 4) is 11.1 Å². The number of anilines is 1. The van der Waals surface area contributed by atoms with Crippen molar-refractivity contribution < 1.29 is 9.32 Å². The Kier molecular flexibility index (Phi) is 3.19. The molecule has 1 amide bonds. The first-order chi connectivity index (χ1) is 8.48. The van der Waals surface area contributed by atoms with Gasteiger partial charge < -0.3 is 4.52 Å². The first-order valence-electron chi connectivity index (χ1n) is 5.80. The third kappa shape index (κ3) is 2.59. The largest absolute Gasteiger partial charge is 0.338 e. The summed E-state index contributed by atoms with van der Waals surface area (Å²) < 4.78 is 5.10. The second kappa shape index (κ2) is 4.64. The van der Waals surface area contributed by atoms with Crippen LogP contribution in [0.15, 0.2) is 41.1 Å². The fourth-order valence-electron chi connectivity index (χ4n) is 1.44. The van der Waals surface area contributed by atoms with Crippen molar-refractivity contribution >= 4 is 11.8 Å². The van der Waals surface area contributed by atoms with Crippen molar-refractivity contribution in [2.24, 2.45) is 5.41 Å². The van der Waals surface area contributed by atoms with Gasteiger partial charge in [0.15, 0.2) is 0 Å². The molecule has 0 saturated carbocycles. The van der Waals surface area contributed by atoms with E-state index in [4.69, 9.17) is 4.52 Å². The standard InChI is InChI=1S/C14H16N2O2/c1-14(2,3)13(17)16-12-11(9-15-18-12)10-7-5-4-6-8-10/h4-9H,1-3H3,(H,16,17). The number of benzene rings is 1. The van der Waals surface area contributed by atoms with E-state index in [1.165, 1.54) is 0 Å². The highest BCUT2D eigenvalue weighted by molar-refractivity contribution is 5.96. The van der Waals surface area contributed by atoms with Crippen molar-refractivity contribution in [2.75, 3.05) is 5.32 Å². The fraction of sp³-hybridized carbons (Fsp3) is 0.286. The highest BCUT2D eigenvalue weighted by Crippen LogP contribution is 2.28. The Labute approximate surface area is 106 Å². The first-order valence-corrected chi connectivity index (χ1v) is 5.80. The summed E-state index contributed by atoms with van der Waals surface area (Å²) in [6, 6.07) is 9.68. The van der Waals surface area contributed by atoms with E-state index in [2.05, 4.69) is 10.5 Å². The lowest BCUT2D eigenvalue weighted by Gasteiger charge is -2.16. The van der Waals surface area contributed by atoms with E-state index in [0.29, 0.717) is 5.88 Å². The molecule has 0 aliphatic rings. The summed E-state index contributed by atoms with van der Waals surface area (Å²) in [5.74, 6) is 0.289. The zero-order valence-electron chi connectivity index (χ0n) is 10.7. The normalized spacial score (nSPS) is 11.3. The minimum absolute atomic E-state index is 0.101. The van der Waals surface area contributed by atoms with Gasteiger partial charge in [-0.05, 0) is 5.56 Å². The second-order valence-corrected chi connectivity index (χ2v) is 5.14. The Morgan fingerprint density at radius 2 is 1.89 bits per heavy atom. The Morgan fingerprint density at radius 1 is 1.22 bits per heavy atom. The SMILES string of the molecule is CC(C)(C)C(=O)Nc1oncc1-c1ccccc1. The molecule has 1 aromatic carbocycles. The number of carbonyl (C=O) groups excluding carboxylic acids is 1. The molecule has 1 aromatic heterocycles. The minimum Gasteiger partial charge on any atom is -0.338 e. The van der Waals surface area contributed by atoms with Crippen molar-refractivity contribution in [3.05, 3.63) is 36.5 Å². The smallest absolute Gasteiger partial charge is 0.239 e. The summed E-state index contributed by atoms with van der Waals surface area (Å²) in [6.07, 6.45) is 1.60. The van der Waals surface area contributed by atoms with Crippen LogP contribution in [0.3, 0.4) is 0 Å². The van der Waals surface area contributed by atoms with Gasteiger partial charge in [-0.3, -0.25) is 10.1 Å². The summed E-state index contributed by atoms with van der Waals surface area (Å²) >= 11 is 0. The van der Waals surface area contributed by atoms with E-state index in [1.807, 2.05) is 51.1 Å². The molecule has 0 bridgehead atoms. The lowest BCUT2D eigenvalue weighted by molar-refractivity contribution is -0.123. The number of nitrogens with zero attached hydrogens (tertiary/aromatic N) is 1. The molecule has 0 spiro atoms. The summed E-state index contributed by atoms with van der Waals surface area (Å²) in [5.41, 5.74) is 1.27. The molecule has 1 heterocycles. The zero-order valence-corrected chi connectivity index (χ0v) is 10.7. The van der Waals surface area contributed by atoms with Crippen molar-refractivity contribution in [1.82, 2.24) is 5.16 Å². The summed E-state index contributed by atoms with van der Waals surface area (Å²) in [4.78, 5) is 11.9. The molecule has 1 N–H and O–H groups in total. The van der Waals surface area contributed by atoms with Gasteiger partial charge in [-0.1, -0.05) is 56.3 Å². The van der Waals surface area contributed by atoms with Crippen LogP contribution in [-0.2, 0) is 4.79 Å². The van der Waals surface area contributed by atoms with Crippen LogP contribution >= 0.6 is 0 Å². The number of hydrogen-bond acceptors (Lipinski definition) is 3. The van der Waals surface area contributed by atoms with Crippen LogP contribution in [0.4, 0.5) is 5.88 Å². The average Bonchev–Trinajstić information content (AvgIpc) is 2.77. The monoisotopic (exact) mass is 244 g/mol. The lowest BCUT2D eigenvalue weighted by atomic mass is 9.95. The molecule has 0 atom stereocenters. The molecule has 0 fully saturated rings. The van der Waals surface area contributed by atoms with Crippen LogP contribution in [0, 0.1) is 5.41 Å². The fourth-order valence-corrected chi connectivity index (χ4v) is 1.44. The van der Waals surface area contributed by atoms with Gasteiger partial charge in [-0.25, -0.2) is 0 Å². The maximum atomic E-state index is 11.9. The van der Waals surface area contributed by atoms with E-state index < -0.39 is 5.41 Å². The maximum absolute atomic E-state index is 11.9. The third-order valence-corrected chi connectivity index (χ3v) is 2.56. The predicted molar refractivity (Wildman–Crippen MR) is 70.0 cm³/mol. The molecule has 0 saturated heterocycles. The maximum Gasteiger partial charge on any atom is 0.239 e. The number of carbonyl (C=O) groups is 1. The van der Waals surface area contributed by atoms with Gasteiger partial charge >= 0.3 is 0 Å². The quantitative estimate of drug-likeness (QED) is 0.881. The van der Waals surface area contributed by atoms with Gasteiger partial charge in [-0.15, -0.1) is 0 Å². The molecular formula is C14H16N2O2. The highest BCUT2D eigenvalue weighted by Gasteiger charge is 2.23. The number of aromatic nitrogens is 1. The van der Waals surface area contributed by atoms with Gasteiger partial charge in [0.25, 0.3) is 0 Å². The molecule has 2 aromatic rings. The van der Waals surface area contributed by atoms with E-state index in [9.17, 15) is 4.79 Å². The Hall–Kier alpha value is -2.10. The summed E-state index contributed by atoms with van der Waals surface area (Å²) in [5, 5.41) is 6.50. The lowest BCUT2D eigenvalue weighted by Crippen LogP contribution is -2.27. The molecule has 4 heteroatoms. The molecule has 18 heavy (non-hydrogen) atoms. The predicted octanol–water partition coefficient (Wildman–Crippen LogP) is 3.33. The van der Waals surface area contributed by atoms with E-state index in [0.717, 1.165) is 11.1 Å². The van der Waals surface area contributed by atoms with Crippen molar-refractivity contribution in [3.63, 3.8) is 0 Å². The Balaban J connectivity index is 2.27. The van der Waals surface area contributed by atoms with Crippen LogP contribution in [0.5, 0.6) is 0 Å². The average molecular weight is 244 g/mol. The summed E-state index contributed by atoms with van der Waals surface area (Å²) in [6.45, 7) is 5.54. The second-order valence-electron chi connectivity index (χ2n) is 5.14. The molecule has 0 aliphatic heterocycles. The molecule has 4 nitrogen and oxygen atoms in total. The van der Waals surface area contributed by atoms with E-state index in [1.54, 1.807) is 6.20 Å². The van der Waals surface area contributed by atoms with E-state index in [-0.39, 0.29) is 5.91 Å². The number of amides is 1.